The van der Waals surface area contributed by atoms with Gasteiger partial charge in [0.2, 0.25) is 0 Å². The summed E-state index contributed by atoms with van der Waals surface area (Å²) in [4.78, 5) is 9.39. The molecule has 1 radical (unpaired) electrons. The molecule has 1 amide bonds. The van der Waals surface area contributed by atoms with Gasteiger partial charge in [-0.25, -0.2) is 0 Å². The van der Waals surface area contributed by atoms with Crippen molar-refractivity contribution in [1.29, 1.82) is 0 Å². The van der Waals surface area contributed by atoms with Crippen LogP contribution < -0.4 is 5.32 Å². The molecule has 0 fully saturated rings. The van der Waals surface area contributed by atoms with E-state index in [0.717, 1.165) is 6.42 Å². The first kappa shape index (κ1) is 6.21. The van der Waals surface area contributed by atoms with Crippen LogP contribution in [-0.4, -0.2) is 6.41 Å². The molecule has 0 aliphatic rings. The van der Waals surface area contributed by atoms with Gasteiger partial charge in [0.15, 0.2) is 0 Å². The molecule has 0 saturated carbocycles. The number of hydrogen-bond acceptors (Lipinski definition) is 1. The van der Waals surface area contributed by atoms with E-state index in [0.29, 0.717) is 0 Å². The molecule has 0 aliphatic carbocycles. The fourth-order valence-corrected chi connectivity index (χ4v) is 0.211. The van der Waals surface area contributed by atoms with Gasteiger partial charge in [-0.15, -0.1) is 0 Å². The van der Waals surface area contributed by atoms with Gasteiger partial charge in [0.25, 0.3) is 0 Å². The second-order valence-electron chi connectivity index (χ2n) is 1.06. The number of amides is 1. The molecule has 1 N–H and O–H groups in total. The van der Waals surface area contributed by atoms with Crippen molar-refractivity contribution in [3.05, 3.63) is 12.3 Å². The number of rotatable bonds is 3. The third kappa shape index (κ3) is 5.21. The van der Waals surface area contributed by atoms with Crippen molar-refractivity contribution in [3.8, 4) is 0 Å². The third-order valence-electron chi connectivity index (χ3n) is 0.496. The molecule has 0 heterocycles. The first-order valence-corrected chi connectivity index (χ1v) is 2.19. The Balaban J connectivity index is 2.92. The zero-order valence-corrected chi connectivity index (χ0v) is 4.27. The normalized spacial score (nSPS) is 9.29. The number of hydrogen-bond donors (Lipinski definition) is 1. The van der Waals surface area contributed by atoms with Crippen LogP contribution in [-0.2, 0) is 4.79 Å². The summed E-state index contributed by atoms with van der Waals surface area (Å²) in [7, 11) is 0. The van der Waals surface area contributed by atoms with E-state index in [9.17, 15) is 4.79 Å². The second-order valence-corrected chi connectivity index (χ2v) is 1.06. The summed E-state index contributed by atoms with van der Waals surface area (Å²) in [5, 5.41) is 2.26. The highest BCUT2D eigenvalue weighted by Gasteiger charge is 1.64. The lowest BCUT2D eigenvalue weighted by atomic mass is 10.5. The Morgan fingerprint density at radius 3 is 3.00 bits per heavy atom. The van der Waals surface area contributed by atoms with E-state index in [-0.39, 0.29) is 0 Å². The van der Waals surface area contributed by atoms with E-state index in [1.807, 2.05) is 13.0 Å². The fraction of sp³-hybridized carbons (Fsp3) is 0.400. The minimum atomic E-state index is 0.939. The molecule has 2 heteroatoms. The first-order chi connectivity index (χ1) is 3.41. The van der Waals surface area contributed by atoms with Gasteiger partial charge in [0.1, 0.15) is 0 Å². The number of nitrogens with one attached hydrogen (secondary N) is 1. The average molecular weight is 98.1 g/mol. The zero-order chi connectivity index (χ0) is 5.54. The SMILES string of the molecule is CCC=CN[C]=O. The van der Waals surface area contributed by atoms with Crippen LogP contribution in [0.15, 0.2) is 12.3 Å². The molecule has 0 saturated heterocycles. The van der Waals surface area contributed by atoms with E-state index in [1.165, 1.54) is 6.41 Å². The summed E-state index contributed by atoms with van der Waals surface area (Å²) in [6.07, 6.45) is 5.86. The van der Waals surface area contributed by atoms with Crippen molar-refractivity contribution < 1.29 is 4.79 Å². The van der Waals surface area contributed by atoms with Crippen molar-refractivity contribution >= 4 is 6.41 Å². The molecular weight excluding hydrogens is 90.1 g/mol. The Hall–Kier alpha value is -0.790. The third-order valence-corrected chi connectivity index (χ3v) is 0.496. The second kappa shape index (κ2) is 5.21. The monoisotopic (exact) mass is 98.1 g/mol. The van der Waals surface area contributed by atoms with Gasteiger partial charge < -0.3 is 5.32 Å². The highest BCUT2D eigenvalue weighted by Crippen LogP contribution is 1.72. The summed E-state index contributed by atoms with van der Waals surface area (Å²) in [6.45, 7) is 1.99. The zero-order valence-electron chi connectivity index (χ0n) is 4.27. The maximum Gasteiger partial charge on any atom is 0.313 e. The van der Waals surface area contributed by atoms with Gasteiger partial charge >= 0.3 is 6.41 Å². The van der Waals surface area contributed by atoms with Gasteiger partial charge in [-0.1, -0.05) is 13.0 Å². The van der Waals surface area contributed by atoms with Crippen LogP contribution in [0.3, 0.4) is 0 Å². The summed E-state index contributed by atoms with van der Waals surface area (Å²) < 4.78 is 0. The molecule has 39 valence electrons. The molecule has 0 spiro atoms. The predicted octanol–water partition coefficient (Wildman–Crippen LogP) is 0.567. The Kier molecular flexibility index (Phi) is 4.62. The van der Waals surface area contributed by atoms with Crippen molar-refractivity contribution in [2.45, 2.75) is 13.3 Å². The Morgan fingerprint density at radius 2 is 2.57 bits per heavy atom. The molecule has 0 atom stereocenters. The molecule has 0 unspecified atom stereocenters. The molecule has 0 bridgehead atoms. The Bertz CT molecular complexity index is 68.5. The standard InChI is InChI=1S/C5H8NO/c1-2-3-4-6-5-7/h3-4H,2H2,1H3,(H,6,7). The van der Waals surface area contributed by atoms with Crippen molar-refractivity contribution in [3.63, 3.8) is 0 Å². The molecule has 2 nitrogen and oxygen atoms in total. The molecule has 7 heavy (non-hydrogen) atoms. The fourth-order valence-electron chi connectivity index (χ4n) is 0.211. The minimum absolute atomic E-state index is 0.939. The maximum atomic E-state index is 9.39. The highest BCUT2D eigenvalue weighted by atomic mass is 16.1. The van der Waals surface area contributed by atoms with Gasteiger partial charge in [0, 0.05) is 6.20 Å². The molecule has 0 aromatic rings. The van der Waals surface area contributed by atoms with Crippen LogP contribution in [0.1, 0.15) is 13.3 Å². The molecule has 0 rings (SSSR count). The average Bonchev–Trinajstić information content (AvgIpc) is 1.69. The Labute approximate surface area is 43.2 Å². The molecule has 0 aromatic heterocycles. The van der Waals surface area contributed by atoms with Crippen LogP contribution in [0.25, 0.3) is 0 Å². The quantitative estimate of drug-likeness (QED) is 0.513. The van der Waals surface area contributed by atoms with E-state index in [4.69, 9.17) is 0 Å². The summed E-state index contributed by atoms with van der Waals surface area (Å²) in [6, 6.07) is 0. The lowest BCUT2D eigenvalue weighted by Gasteiger charge is -1.76. The van der Waals surface area contributed by atoms with Gasteiger partial charge in [0.05, 0.1) is 0 Å². The molecular formula is C5H8NO. The van der Waals surface area contributed by atoms with E-state index < -0.39 is 0 Å². The van der Waals surface area contributed by atoms with Crippen molar-refractivity contribution in [2.75, 3.05) is 0 Å². The van der Waals surface area contributed by atoms with Crippen LogP contribution in [0.4, 0.5) is 0 Å². The summed E-state index contributed by atoms with van der Waals surface area (Å²) in [5.74, 6) is 0. The van der Waals surface area contributed by atoms with E-state index >= 15 is 0 Å². The van der Waals surface area contributed by atoms with E-state index in [2.05, 4.69) is 5.32 Å². The van der Waals surface area contributed by atoms with Crippen molar-refractivity contribution in [1.82, 2.24) is 5.32 Å². The highest BCUT2D eigenvalue weighted by molar-refractivity contribution is 5.48. The van der Waals surface area contributed by atoms with Gasteiger partial charge in [-0.05, 0) is 6.42 Å². The van der Waals surface area contributed by atoms with Crippen molar-refractivity contribution in [2.24, 2.45) is 0 Å². The summed E-state index contributed by atoms with van der Waals surface area (Å²) >= 11 is 0. The summed E-state index contributed by atoms with van der Waals surface area (Å²) in [5.41, 5.74) is 0. The van der Waals surface area contributed by atoms with Crippen LogP contribution in [0, 0.1) is 0 Å². The maximum absolute atomic E-state index is 9.39. The largest absolute Gasteiger partial charge is 0.325 e. The van der Waals surface area contributed by atoms with Crippen LogP contribution in [0.5, 0.6) is 0 Å². The molecule has 0 aliphatic heterocycles. The lowest BCUT2D eigenvalue weighted by Crippen LogP contribution is -1.97. The predicted molar refractivity (Wildman–Crippen MR) is 28.3 cm³/mol. The number of allylic oxidation sites excluding steroid dienone is 1. The first-order valence-electron chi connectivity index (χ1n) is 2.19. The van der Waals surface area contributed by atoms with Gasteiger partial charge in [-0.2, -0.15) is 0 Å². The van der Waals surface area contributed by atoms with Crippen LogP contribution >= 0.6 is 0 Å². The van der Waals surface area contributed by atoms with Gasteiger partial charge in [-0.3, -0.25) is 4.79 Å². The minimum Gasteiger partial charge on any atom is -0.325 e. The van der Waals surface area contributed by atoms with Crippen LogP contribution in [0.2, 0.25) is 0 Å². The van der Waals surface area contributed by atoms with E-state index in [1.54, 1.807) is 6.20 Å². The number of carbonyl (C=O) groups excluding carboxylic acids is 1. The smallest absolute Gasteiger partial charge is 0.313 e. The topological polar surface area (TPSA) is 29.1 Å². The lowest BCUT2D eigenvalue weighted by molar-refractivity contribution is 0.550. The molecule has 0 aromatic carbocycles. The Morgan fingerprint density at radius 1 is 1.86 bits per heavy atom.